The maximum atomic E-state index is 13.2. The highest BCUT2D eigenvalue weighted by Gasteiger charge is 2.33. The maximum Gasteiger partial charge on any atom is 0.211 e. The zero-order valence-electron chi connectivity index (χ0n) is 13.8. The fourth-order valence-electron chi connectivity index (χ4n) is 3.67. The predicted molar refractivity (Wildman–Crippen MR) is 105 cm³/mol. The maximum absolute atomic E-state index is 13.2. The number of hydrogen-bond acceptors (Lipinski definition) is 1. The van der Waals surface area contributed by atoms with Crippen molar-refractivity contribution in [3.63, 3.8) is 0 Å². The van der Waals surface area contributed by atoms with E-state index in [1.165, 1.54) is 0 Å². The third-order valence-electron chi connectivity index (χ3n) is 4.82. The summed E-state index contributed by atoms with van der Waals surface area (Å²) in [5, 5.41) is 0.637. The Labute approximate surface area is 156 Å². The second-order valence-electron chi connectivity index (χ2n) is 6.35. The van der Waals surface area contributed by atoms with Crippen molar-refractivity contribution in [2.75, 3.05) is 0 Å². The molecule has 124 valence electrons. The number of carbonyl (C=O) groups is 1. The van der Waals surface area contributed by atoms with Gasteiger partial charge in [0, 0.05) is 21.8 Å². The van der Waals surface area contributed by atoms with Crippen LogP contribution >= 0.6 is 11.6 Å². The minimum atomic E-state index is 0.0395. The molecule has 0 spiro atoms. The zero-order valence-corrected chi connectivity index (χ0v) is 14.6. The lowest BCUT2D eigenvalue weighted by molar-refractivity contribution is 0.103. The highest BCUT2D eigenvalue weighted by atomic mass is 35.5. The number of fused-ring (bicyclic) bond motifs is 3. The zero-order chi connectivity index (χ0) is 17.7. The molecular weight excluding hydrogens is 342 g/mol. The van der Waals surface area contributed by atoms with Crippen LogP contribution in [-0.4, -0.2) is 10.4 Å². The van der Waals surface area contributed by atoms with Crippen LogP contribution in [0.1, 0.15) is 16.1 Å². The molecule has 2 nitrogen and oxygen atoms in total. The molecule has 3 heteroatoms. The summed E-state index contributed by atoms with van der Waals surface area (Å²) >= 11 is 6.20. The lowest BCUT2D eigenvalue weighted by Crippen LogP contribution is -2.07. The van der Waals surface area contributed by atoms with Crippen LogP contribution in [0.4, 0.5) is 0 Å². The molecule has 0 saturated heterocycles. The number of halogens is 1. The molecule has 1 aliphatic rings. The molecule has 0 N–H and O–H groups in total. The Balaban J connectivity index is 1.86. The van der Waals surface area contributed by atoms with Gasteiger partial charge >= 0.3 is 0 Å². The molecule has 0 saturated carbocycles. The van der Waals surface area contributed by atoms with Gasteiger partial charge in [0.05, 0.1) is 5.69 Å². The Morgan fingerprint density at radius 1 is 0.692 bits per heavy atom. The molecule has 0 amide bonds. The van der Waals surface area contributed by atoms with Crippen LogP contribution in [0.15, 0.2) is 84.9 Å². The second kappa shape index (κ2) is 5.72. The van der Waals surface area contributed by atoms with Gasteiger partial charge in [-0.25, -0.2) is 0 Å². The molecule has 0 unspecified atom stereocenters. The van der Waals surface area contributed by atoms with E-state index in [2.05, 4.69) is 22.8 Å². The Kier molecular flexibility index (Phi) is 3.34. The molecule has 0 atom stereocenters. The molecule has 26 heavy (non-hydrogen) atoms. The van der Waals surface area contributed by atoms with E-state index >= 15 is 0 Å². The monoisotopic (exact) mass is 355 g/mol. The molecule has 4 aromatic rings. The first-order valence-corrected chi connectivity index (χ1v) is 8.83. The van der Waals surface area contributed by atoms with Crippen LogP contribution in [-0.2, 0) is 0 Å². The van der Waals surface area contributed by atoms with Gasteiger partial charge in [-0.1, -0.05) is 60.1 Å². The number of para-hydroxylation sites is 1. The smallest absolute Gasteiger partial charge is 0.211 e. The van der Waals surface area contributed by atoms with Crippen molar-refractivity contribution in [2.45, 2.75) is 0 Å². The quantitative estimate of drug-likeness (QED) is 0.380. The van der Waals surface area contributed by atoms with Crippen LogP contribution in [0, 0.1) is 0 Å². The Bertz CT molecular complexity index is 1140. The fraction of sp³-hybridized carbons (Fsp3) is 0. The number of aromatic nitrogens is 1. The molecule has 0 bridgehead atoms. The average molecular weight is 356 g/mol. The first-order valence-electron chi connectivity index (χ1n) is 8.45. The topological polar surface area (TPSA) is 22.0 Å². The van der Waals surface area contributed by atoms with E-state index in [0.29, 0.717) is 16.3 Å². The summed E-state index contributed by atoms with van der Waals surface area (Å²) < 4.78 is 2.06. The number of carbonyl (C=O) groups excluding carboxylic acids is 1. The first-order chi connectivity index (χ1) is 12.7. The van der Waals surface area contributed by atoms with E-state index in [9.17, 15) is 4.79 Å². The molecule has 1 aromatic heterocycles. The molecule has 1 aliphatic carbocycles. The molecule has 3 aromatic carbocycles. The van der Waals surface area contributed by atoms with Gasteiger partial charge in [0.1, 0.15) is 5.69 Å². The lowest BCUT2D eigenvalue weighted by atomic mass is 10.1. The summed E-state index contributed by atoms with van der Waals surface area (Å²) in [6, 6.07) is 27.7. The van der Waals surface area contributed by atoms with Crippen LogP contribution < -0.4 is 0 Å². The van der Waals surface area contributed by atoms with E-state index in [-0.39, 0.29) is 5.78 Å². The van der Waals surface area contributed by atoms with Crippen LogP contribution in [0.3, 0.4) is 0 Å². The summed E-state index contributed by atoms with van der Waals surface area (Å²) in [6.07, 6.45) is 0. The average Bonchev–Trinajstić information content (AvgIpc) is 3.20. The van der Waals surface area contributed by atoms with Gasteiger partial charge < -0.3 is 4.57 Å². The standard InChI is InChI=1S/C23H14ClNO/c24-16-11-12-18-19(13-16)20-14-21(15-7-3-1-4-8-15)25(22(20)23(18)26)17-9-5-2-6-10-17/h1-14H. The van der Waals surface area contributed by atoms with Crippen molar-refractivity contribution < 1.29 is 4.79 Å². The predicted octanol–water partition coefficient (Wildman–Crippen LogP) is 6.01. The van der Waals surface area contributed by atoms with Gasteiger partial charge in [0.15, 0.2) is 0 Å². The normalized spacial score (nSPS) is 12.1. The van der Waals surface area contributed by atoms with E-state index in [0.717, 1.165) is 28.1 Å². The Morgan fingerprint density at radius 2 is 1.38 bits per heavy atom. The van der Waals surface area contributed by atoms with Crippen molar-refractivity contribution in [3.8, 4) is 28.1 Å². The summed E-state index contributed by atoms with van der Waals surface area (Å²) in [4.78, 5) is 13.2. The number of benzene rings is 3. The molecule has 0 radical (unpaired) electrons. The third kappa shape index (κ3) is 2.16. The summed E-state index contributed by atoms with van der Waals surface area (Å²) in [7, 11) is 0. The third-order valence-corrected chi connectivity index (χ3v) is 5.05. The van der Waals surface area contributed by atoms with Crippen molar-refractivity contribution in [1.82, 2.24) is 4.57 Å². The molecule has 5 rings (SSSR count). The van der Waals surface area contributed by atoms with E-state index < -0.39 is 0 Å². The van der Waals surface area contributed by atoms with E-state index in [4.69, 9.17) is 11.6 Å². The van der Waals surface area contributed by atoms with Crippen molar-refractivity contribution >= 4 is 17.4 Å². The first kappa shape index (κ1) is 15.2. The van der Waals surface area contributed by atoms with Gasteiger partial charge in [-0.3, -0.25) is 4.79 Å². The Hall–Kier alpha value is -3.10. The van der Waals surface area contributed by atoms with E-state index in [1.54, 1.807) is 6.07 Å². The van der Waals surface area contributed by atoms with Gasteiger partial charge in [0.2, 0.25) is 5.78 Å². The van der Waals surface area contributed by atoms with Gasteiger partial charge in [-0.05, 0) is 47.5 Å². The lowest BCUT2D eigenvalue weighted by Gasteiger charge is -2.12. The number of hydrogen-bond donors (Lipinski definition) is 0. The minimum absolute atomic E-state index is 0.0395. The van der Waals surface area contributed by atoms with Crippen molar-refractivity contribution in [1.29, 1.82) is 0 Å². The number of nitrogens with zero attached hydrogens (tertiary/aromatic N) is 1. The molecule has 0 fully saturated rings. The largest absolute Gasteiger partial charge is 0.306 e. The summed E-state index contributed by atoms with van der Waals surface area (Å²) in [6.45, 7) is 0. The highest BCUT2D eigenvalue weighted by Crippen LogP contribution is 2.43. The second-order valence-corrected chi connectivity index (χ2v) is 6.78. The number of rotatable bonds is 2. The van der Waals surface area contributed by atoms with Gasteiger partial charge in [-0.15, -0.1) is 0 Å². The van der Waals surface area contributed by atoms with Gasteiger partial charge in [0.25, 0.3) is 0 Å². The Morgan fingerprint density at radius 3 is 2.12 bits per heavy atom. The fourth-order valence-corrected chi connectivity index (χ4v) is 3.84. The molecular formula is C23H14ClNO. The SMILES string of the molecule is O=C1c2ccc(Cl)cc2-c2cc(-c3ccccc3)n(-c3ccccc3)c21. The van der Waals surface area contributed by atoms with Crippen molar-refractivity contribution in [3.05, 3.63) is 101 Å². The highest BCUT2D eigenvalue weighted by molar-refractivity contribution is 6.32. The molecule has 1 heterocycles. The summed E-state index contributed by atoms with van der Waals surface area (Å²) in [5.41, 5.74) is 6.30. The minimum Gasteiger partial charge on any atom is -0.306 e. The van der Waals surface area contributed by atoms with E-state index in [1.807, 2.05) is 60.7 Å². The summed E-state index contributed by atoms with van der Waals surface area (Å²) in [5.74, 6) is 0.0395. The van der Waals surface area contributed by atoms with Crippen LogP contribution in [0.5, 0.6) is 0 Å². The van der Waals surface area contributed by atoms with Crippen molar-refractivity contribution in [2.24, 2.45) is 0 Å². The van der Waals surface area contributed by atoms with Crippen LogP contribution in [0.25, 0.3) is 28.1 Å². The van der Waals surface area contributed by atoms with Gasteiger partial charge in [-0.2, -0.15) is 0 Å². The molecule has 0 aliphatic heterocycles. The van der Waals surface area contributed by atoms with Crippen LogP contribution in [0.2, 0.25) is 5.02 Å². The number of ketones is 1.